The highest BCUT2D eigenvalue weighted by atomic mass is 16.5. The van der Waals surface area contributed by atoms with E-state index < -0.39 is 5.97 Å². The van der Waals surface area contributed by atoms with Gasteiger partial charge in [0.05, 0.1) is 23.1 Å². The number of nitrogens with zero attached hydrogens (tertiary/aromatic N) is 4. The highest BCUT2D eigenvalue weighted by Gasteiger charge is 2.17. The normalized spacial score (nSPS) is 11.1. The lowest BCUT2D eigenvalue weighted by atomic mass is 10.2. The summed E-state index contributed by atoms with van der Waals surface area (Å²) in [4.78, 5) is 19.8. The maximum Gasteiger partial charge on any atom is 0.337 e. The van der Waals surface area contributed by atoms with Crippen LogP contribution in [0, 0.1) is 13.8 Å². The van der Waals surface area contributed by atoms with E-state index in [0.717, 1.165) is 0 Å². The van der Waals surface area contributed by atoms with Crippen molar-refractivity contribution in [3.63, 3.8) is 0 Å². The van der Waals surface area contributed by atoms with E-state index >= 15 is 0 Å². The Morgan fingerprint density at radius 1 is 1.35 bits per heavy atom. The second-order valence-corrected chi connectivity index (χ2v) is 4.45. The first-order valence-corrected chi connectivity index (χ1v) is 6.04. The van der Waals surface area contributed by atoms with Crippen molar-refractivity contribution in [1.29, 1.82) is 0 Å². The van der Waals surface area contributed by atoms with Crippen LogP contribution in [0.2, 0.25) is 0 Å². The predicted octanol–water partition coefficient (Wildman–Crippen LogP) is 1.78. The van der Waals surface area contributed by atoms with Gasteiger partial charge >= 0.3 is 5.97 Å². The summed E-state index contributed by atoms with van der Waals surface area (Å²) in [6.45, 7) is 3.85. The van der Waals surface area contributed by atoms with E-state index in [2.05, 4.69) is 15.1 Å². The van der Waals surface area contributed by atoms with E-state index in [0.29, 0.717) is 35.1 Å². The molecule has 7 heteroatoms. The predicted molar refractivity (Wildman–Crippen MR) is 69.6 cm³/mol. The van der Waals surface area contributed by atoms with Crippen molar-refractivity contribution in [2.24, 2.45) is 0 Å². The number of aromatic nitrogens is 4. The molecule has 0 saturated carbocycles. The third kappa shape index (κ3) is 1.93. The Balaban J connectivity index is 2.18. The van der Waals surface area contributed by atoms with Gasteiger partial charge in [0.2, 0.25) is 5.89 Å². The fourth-order valence-electron chi connectivity index (χ4n) is 2.21. The van der Waals surface area contributed by atoms with Crippen LogP contribution in [0.5, 0.6) is 0 Å². The fourth-order valence-corrected chi connectivity index (χ4v) is 2.21. The highest BCUT2D eigenvalue weighted by molar-refractivity contribution is 6.01. The number of imidazole rings is 1. The largest absolute Gasteiger partial charge is 0.478 e. The van der Waals surface area contributed by atoms with Gasteiger partial charge in [-0.25, -0.2) is 9.78 Å². The molecule has 2 heterocycles. The molecule has 0 fully saturated rings. The van der Waals surface area contributed by atoms with Crippen molar-refractivity contribution in [1.82, 2.24) is 19.7 Å². The number of rotatable bonds is 3. The molecule has 2 aromatic heterocycles. The molecule has 0 aliphatic heterocycles. The summed E-state index contributed by atoms with van der Waals surface area (Å²) in [5.74, 6) is 0.683. The van der Waals surface area contributed by atoms with Crippen LogP contribution in [0.3, 0.4) is 0 Å². The van der Waals surface area contributed by atoms with E-state index in [1.54, 1.807) is 29.7 Å². The van der Waals surface area contributed by atoms with Gasteiger partial charge in [0.25, 0.3) is 0 Å². The van der Waals surface area contributed by atoms with E-state index in [1.807, 2.05) is 6.92 Å². The molecule has 1 aromatic carbocycles. The minimum absolute atomic E-state index is 0.211. The molecule has 0 atom stereocenters. The molecule has 0 aliphatic carbocycles. The van der Waals surface area contributed by atoms with Crippen LogP contribution in [-0.2, 0) is 6.54 Å². The lowest BCUT2D eigenvalue weighted by Gasteiger charge is -2.05. The number of aryl methyl sites for hydroxylation is 2. The molecule has 7 nitrogen and oxygen atoms in total. The number of para-hydroxylation sites is 1. The van der Waals surface area contributed by atoms with Crippen molar-refractivity contribution < 1.29 is 14.4 Å². The molecule has 0 bridgehead atoms. The number of hydrogen-bond donors (Lipinski definition) is 1. The van der Waals surface area contributed by atoms with Crippen molar-refractivity contribution in [2.75, 3.05) is 0 Å². The molecular formula is C13H12N4O3. The maximum absolute atomic E-state index is 11.3. The summed E-state index contributed by atoms with van der Waals surface area (Å²) < 4.78 is 6.71. The molecule has 20 heavy (non-hydrogen) atoms. The maximum atomic E-state index is 11.3. The molecule has 0 amide bonds. The minimum atomic E-state index is -0.985. The Labute approximate surface area is 113 Å². The SMILES string of the molecule is Cc1nc(Cn2c(C)nc3cccc(C(=O)O)c32)no1. The summed E-state index contributed by atoms with van der Waals surface area (Å²) in [7, 11) is 0. The average molecular weight is 272 g/mol. The van der Waals surface area contributed by atoms with Crippen LogP contribution in [0.15, 0.2) is 22.7 Å². The Morgan fingerprint density at radius 2 is 2.15 bits per heavy atom. The van der Waals surface area contributed by atoms with Crippen LogP contribution in [0.25, 0.3) is 11.0 Å². The van der Waals surface area contributed by atoms with Crippen molar-refractivity contribution in [3.05, 3.63) is 41.3 Å². The Kier molecular flexibility index (Phi) is 2.74. The summed E-state index contributed by atoms with van der Waals surface area (Å²) >= 11 is 0. The fraction of sp³-hybridized carbons (Fsp3) is 0.231. The van der Waals surface area contributed by atoms with Crippen LogP contribution in [0.4, 0.5) is 0 Å². The third-order valence-corrected chi connectivity index (χ3v) is 3.06. The average Bonchev–Trinajstić information content (AvgIpc) is 2.94. The zero-order valence-electron chi connectivity index (χ0n) is 11.0. The molecule has 0 unspecified atom stereocenters. The summed E-state index contributed by atoms with van der Waals surface area (Å²) in [5, 5.41) is 13.1. The smallest absolute Gasteiger partial charge is 0.337 e. The zero-order chi connectivity index (χ0) is 14.3. The molecule has 3 aromatic rings. The van der Waals surface area contributed by atoms with E-state index in [4.69, 9.17) is 4.52 Å². The number of carbonyl (C=O) groups is 1. The van der Waals surface area contributed by atoms with Gasteiger partial charge in [-0.15, -0.1) is 0 Å². The van der Waals surface area contributed by atoms with Gasteiger partial charge in [-0.05, 0) is 19.1 Å². The molecular weight excluding hydrogens is 260 g/mol. The first-order valence-electron chi connectivity index (χ1n) is 6.04. The van der Waals surface area contributed by atoms with Crippen LogP contribution in [-0.4, -0.2) is 30.8 Å². The quantitative estimate of drug-likeness (QED) is 0.781. The second kappa shape index (κ2) is 4.44. The highest BCUT2D eigenvalue weighted by Crippen LogP contribution is 2.21. The minimum Gasteiger partial charge on any atom is -0.478 e. The standard InChI is InChI=1S/C13H12N4O3/c1-7-14-10-5-3-4-9(13(18)19)12(10)17(7)6-11-15-8(2)20-16-11/h3-5H,6H2,1-2H3,(H,18,19). The number of carboxylic acid groups (broad SMARTS) is 1. The van der Waals surface area contributed by atoms with Crippen molar-refractivity contribution in [2.45, 2.75) is 20.4 Å². The number of carboxylic acids is 1. The van der Waals surface area contributed by atoms with Gasteiger partial charge in [-0.3, -0.25) is 0 Å². The van der Waals surface area contributed by atoms with Gasteiger partial charge < -0.3 is 14.2 Å². The van der Waals surface area contributed by atoms with E-state index in [1.165, 1.54) is 0 Å². The van der Waals surface area contributed by atoms with Crippen molar-refractivity contribution >= 4 is 17.0 Å². The van der Waals surface area contributed by atoms with Gasteiger partial charge in [0.15, 0.2) is 5.82 Å². The van der Waals surface area contributed by atoms with Crippen molar-refractivity contribution in [3.8, 4) is 0 Å². The zero-order valence-corrected chi connectivity index (χ0v) is 11.0. The molecule has 0 spiro atoms. The summed E-state index contributed by atoms with van der Waals surface area (Å²) in [5.41, 5.74) is 1.42. The van der Waals surface area contributed by atoms with Crippen LogP contribution < -0.4 is 0 Å². The van der Waals surface area contributed by atoms with E-state index in [-0.39, 0.29) is 5.56 Å². The topological polar surface area (TPSA) is 94.0 Å². The first-order chi connectivity index (χ1) is 9.56. The van der Waals surface area contributed by atoms with Gasteiger partial charge in [0.1, 0.15) is 5.82 Å². The lowest BCUT2D eigenvalue weighted by molar-refractivity contribution is 0.0698. The number of hydrogen-bond acceptors (Lipinski definition) is 5. The van der Waals surface area contributed by atoms with E-state index in [9.17, 15) is 9.90 Å². The molecule has 0 aliphatic rings. The van der Waals surface area contributed by atoms with Gasteiger partial charge in [-0.1, -0.05) is 11.2 Å². The van der Waals surface area contributed by atoms with Crippen LogP contribution >= 0.6 is 0 Å². The molecule has 102 valence electrons. The van der Waals surface area contributed by atoms with Gasteiger partial charge in [0, 0.05) is 6.92 Å². The number of benzene rings is 1. The molecule has 0 saturated heterocycles. The summed E-state index contributed by atoms with van der Waals surface area (Å²) in [6, 6.07) is 5.03. The molecule has 1 N–H and O–H groups in total. The molecule has 3 rings (SSSR count). The summed E-state index contributed by atoms with van der Waals surface area (Å²) in [6.07, 6.45) is 0. The Morgan fingerprint density at radius 3 is 2.80 bits per heavy atom. The Bertz CT molecular complexity index is 803. The lowest BCUT2D eigenvalue weighted by Crippen LogP contribution is -2.07. The Hall–Kier alpha value is -2.70. The van der Waals surface area contributed by atoms with Gasteiger partial charge in [-0.2, -0.15) is 4.98 Å². The third-order valence-electron chi connectivity index (χ3n) is 3.06. The first kappa shape index (κ1) is 12.3. The van der Waals surface area contributed by atoms with Crippen LogP contribution in [0.1, 0.15) is 27.9 Å². The monoisotopic (exact) mass is 272 g/mol. The number of fused-ring (bicyclic) bond motifs is 1. The molecule has 0 radical (unpaired) electrons. The second-order valence-electron chi connectivity index (χ2n) is 4.45. The number of aromatic carboxylic acids is 1.